The van der Waals surface area contributed by atoms with Gasteiger partial charge in [-0.1, -0.05) is 30.8 Å². The number of carbonyl (C=O) groups excluding carboxylic acids is 3. The van der Waals surface area contributed by atoms with Gasteiger partial charge in [0.05, 0.1) is 23.9 Å². The second-order valence-electron chi connectivity index (χ2n) is 9.09. The second-order valence-corrected chi connectivity index (χ2v) is 10.1. The Morgan fingerprint density at radius 3 is 2.62 bits per heavy atom. The van der Waals surface area contributed by atoms with Crippen LogP contribution in [0.4, 0.5) is 22.0 Å². The number of ether oxygens (including phenoxy) is 1. The Hall–Kier alpha value is -4.77. The Labute approximate surface area is 235 Å². The van der Waals surface area contributed by atoms with E-state index in [-0.39, 0.29) is 17.9 Å². The number of hydrogen-bond donors (Lipinski definition) is 2. The summed E-state index contributed by atoms with van der Waals surface area (Å²) in [6, 6.07) is 16.2. The number of nitrogens with zero attached hydrogens (tertiary/aromatic N) is 4. The number of urea groups is 1. The molecule has 204 valence electrons. The van der Waals surface area contributed by atoms with Gasteiger partial charge in [0.15, 0.2) is 0 Å². The number of piperidine rings is 1. The van der Waals surface area contributed by atoms with Crippen molar-refractivity contribution < 1.29 is 19.1 Å². The van der Waals surface area contributed by atoms with Gasteiger partial charge in [-0.05, 0) is 49.2 Å². The van der Waals surface area contributed by atoms with E-state index in [1.807, 2.05) is 30.3 Å². The minimum atomic E-state index is -0.392. The number of thiophene rings is 1. The normalized spacial score (nSPS) is 15.9. The summed E-state index contributed by atoms with van der Waals surface area (Å²) in [5.41, 5.74) is 1.08. The first-order chi connectivity index (χ1) is 19.5. The van der Waals surface area contributed by atoms with Crippen molar-refractivity contribution in [2.24, 2.45) is 0 Å². The van der Waals surface area contributed by atoms with Crippen LogP contribution in [0.5, 0.6) is 5.75 Å². The minimum absolute atomic E-state index is 0.142. The molecule has 10 nitrogen and oxygen atoms in total. The minimum Gasteiger partial charge on any atom is -0.497 e. The van der Waals surface area contributed by atoms with Gasteiger partial charge in [0.25, 0.3) is 5.91 Å². The molecule has 11 heteroatoms. The van der Waals surface area contributed by atoms with Gasteiger partial charge >= 0.3 is 6.03 Å². The van der Waals surface area contributed by atoms with Crippen molar-refractivity contribution in [2.75, 3.05) is 30.4 Å². The molecular formula is C29H28N6O4S. The monoisotopic (exact) mass is 556 g/mol. The Bertz CT molecular complexity index is 1540. The van der Waals surface area contributed by atoms with Crippen LogP contribution in [-0.2, 0) is 4.79 Å². The number of likely N-dealkylation sites (tertiary alicyclic amines) is 1. The van der Waals surface area contributed by atoms with E-state index < -0.39 is 6.03 Å². The lowest BCUT2D eigenvalue weighted by Gasteiger charge is -2.32. The maximum atomic E-state index is 13.2. The molecule has 4 amide bonds. The molecule has 2 aliphatic rings. The number of anilines is 3. The van der Waals surface area contributed by atoms with Gasteiger partial charge in [0, 0.05) is 31.5 Å². The molecule has 0 aliphatic carbocycles. The molecule has 1 aromatic carbocycles. The molecule has 1 unspecified atom stereocenters. The van der Waals surface area contributed by atoms with Crippen LogP contribution < -0.4 is 20.3 Å². The number of amides is 4. The molecule has 5 heterocycles. The summed E-state index contributed by atoms with van der Waals surface area (Å²) >= 11 is 1.23. The highest BCUT2D eigenvalue weighted by atomic mass is 32.1. The number of pyridine rings is 2. The lowest BCUT2D eigenvalue weighted by atomic mass is 10.1. The predicted octanol–water partition coefficient (Wildman–Crippen LogP) is 4.98. The summed E-state index contributed by atoms with van der Waals surface area (Å²) < 4.78 is 4.91. The number of nitrogens with one attached hydrogen (secondary N) is 2. The van der Waals surface area contributed by atoms with Crippen LogP contribution in [0.2, 0.25) is 0 Å². The molecule has 1 atom stereocenters. The topological polar surface area (TPSA) is 117 Å². The molecule has 0 saturated carbocycles. The van der Waals surface area contributed by atoms with Crippen molar-refractivity contribution in [1.29, 1.82) is 0 Å². The fourth-order valence-electron chi connectivity index (χ4n) is 4.69. The van der Waals surface area contributed by atoms with Gasteiger partial charge in [0.2, 0.25) is 5.91 Å². The van der Waals surface area contributed by atoms with Gasteiger partial charge in [-0.3, -0.25) is 9.59 Å². The standard InChI is InChI=1S/C22H20N6O3S.C7H8O/c1-2-16(29)27-11-5-6-13(12-27)25-20(30)19-18-17-14(8-10-24-21(17)32-19)28(22(31)26-18)15-7-3-4-9-23-15;1-8-7-5-3-2-4-6-7/h2-4,7-10,13H,1,5-6,11-12H2,(H,25,30)(H,26,31);2-6H,1H3. The number of methoxy groups -OCH3 is 1. The fourth-order valence-corrected chi connectivity index (χ4v) is 5.71. The van der Waals surface area contributed by atoms with Crippen molar-refractivity contribution in [3.63, 3.8) is 0 Å². The summed E-state index contributed by atoms with van der Waals surface area (Å²) in [5, 5.41) is 6.58. The molecule has 4 aromatic rings. The van der Waals surface area contributed by atoms with Crippen molar-refractivity contribution in [3.8, 4) is 5.75 Å². The number of para-hydroxylation sites is 1. The van der Waals surface area contributed by atoms with Crippen molar-refractivity contribution >= 4 is 56.6 Å². The van der Waals surface area contributed by atoms with E-state index in [1.54, 1.807) is 48.7 Å². The molecule has 0 spiro atoms. The van der Waals surface area contributed by atoms with Gasteiger partial charge in [-0.2, -0.15) is 0 Å². The first kappa shape index (κ1) is 26.8. The van der Waals surface area contributed by atoms with Crippen LogP contribution in [0.15, 0.2) is 79.6 Å². The first-order valence-electron chi connectivity index (χ1n) is 12.7. The van der Waals surface area contributed by atoms with E-state index in [4.69, 9.17) is 4.74 Å². The molecule has 40 heavy (non-hydrogen) atoms. The molecule has 2 aliphatic heterocycles. The average Bonchev–Trinajstić information content (AvgIpc) is 3.37. The lowest BCUT2D eigenvalue weighted by Crippen LogP contribution is -2.49. The van der Waals surface area contributed by atoms with Gasteiger partial charge in [-0.15, -0.1) is 11.3 Å². The highest BCUT2D eigenvalue weighted by Crippen LogP contribution is 2.45. The van der Waals surface area contributed by atoms with Crippen LogP contribution >= 0.6 is 11.3 Å². The Balaban J connectivity index is 0.000000348. The number of benzene rings is 1. The average molecular weight is 557 g/mol. The van der Waals surface area contributed by atoms with E-state index in [0.717, 1.165) is 18.6 Å². The number of hydrogen-bond acceptors (Lipinski definition) is 7. The van der Waals surface area contributed by atoms with Crippen LogP contribution in [-0.4, -0.2) is 59.0 Å². The van der Waals surface area contributed by atoms with Crippen molar-refractivity contribution in [2.45, 2.75) is 18.9 Å². The molecule has 0 radical (unpaired) electrons. The summed E-state index contributed by atoms with van der Waals surface area (Å²) in [6.07, 6.45) is 6.10. The van der Waals surface area contributed by atoms with Crippen molar-refractivity contribution in [3.05, 3.63) is 84.5 Å². The maximum Gasteiger partial charge on any atom is 0.332 e. The summed E-state index contributed by atoms with van der Waals surface area (Å²) in [7, 11) is 1.66. The summed E-state index contributed by atoms with van der Waals surface area (Å²) in [6.45, 7) is 4.62. The van der Waals surface area contributed by atoms with Crippen LogP contribution in [0.25, 0.3) is 10.2 Å². The predicted molar refractivity (Wildman–Crippen MR) is 155 cm³/mol. The summed E-state index contributed by atoms with van der Waals surface area (Å²) in [4.78, 5) is 51.0. The highest BCUT2D eigenvalue weighted by Gasteiger charge is 2.34. The van der Waals surface area contributed by atoms with Gasteiger partial charge in [0.1, 0.15) is 21.3 Å². The first-order valence-corrected chi connectivity index (χ1v) is 13.6. The molecule has 3 aromatic heterocycles. The molecule has 1 fully saturated rings. The third-order valence-corrected chi connectivity index (χ3v) is 7.65. The van der Waals surface area contributed by atoms with E-state index in [1.165, 1.54) is 22.3 Å². The van der Waals surface area contributed by atoms with Crippen LogP contribution in [0, 0.1) is 0 Å². The van der Waals surface area contributed by atoms with E-state index >= 15 is 0 Å². The molecule has 2 N–H and O–H groups in total. The second kappa shape index (κ2) is 12.0. The van der Waals surface area contributed by atoms with E-state index in [0.29, 0.717) is 45.4 Å². The van der Waals surface area contributed by atoms with Gasteiger partial charge < -0.3 is 20.3 Å². The zero-order valence-corrected chi connectivity index (χ0v) is 22.7. The van der Waals surface area contributed by atoms with E-state index in [2.05, 4.69) is 27.2 Å². The maximum absolute atomic E-state index is 13.2. The molecule has 1 saturated heterocycles. The van der Waals surface area contributed by atoms with Crippen LogP contribution in [0.1, 0.15) is 22.5 Å². The number of carbonyl (C=O) groups is 3. The third kappa shape index (κ3) is 5.50. The van der Waals surface area contributed by atoms with Crippen LogP contribution in [0.3, 0.4) is 0 Å². The Morgan fingerprint density at radius 2 is 1.93 bits per heavy atom. The largest absolute Gasteiger partial charge is 0.497 e. The zero-order chi connectivity index (χ0) is 28.1. The molecular weight excluding hydrogens is 528 g/mol. The molecule has 6 rings (SSSR count). The third-order valence-electron chi connectivity index (χ3n) is 6.55. The highest BCUT2D eigenvalue weighted by molar-refractivity contribution is 7.21. The lowest BCUT2D eigenvalue weighted by molar-refractivity contribution is -0.127. The SMILES string of the molecule is C=CC(=O)N1CCCC(NC(=O)c2sc3nccc4c3c2NC(=O)N4c2ccccn2)C1.COc1ccccc1. The number of aromatic nitrogens is 2. The Kier molecular flexibility index (Phi) is 8.02. The smallest absolute Gasteiger partial charge is 0.332 e. The molecule has 0 bridgehead atoms. The van der Waals surface area contributed by atoms with E-state index in [9.17, 15) is 14.4 Å². The van der Waals surface area contributed by atoms with Gasteiger partial charge in [-0.25, -0.2) is 19.7 Å². The zero-order valence-electron chi connectivity index (χ0n) is 21.9. The quantitative estimate of drug-likeness (QED) is 0.335. The Morgan fingerprint density at radius 1 is 1.12 bits per heavy atom. The fraction of sp³-hybridized carbons (Fsp3) is 0.207. The summed E-state index contributed by atoms with van der Waals surface area (Å²) in [5.74, 6) is 0.956. The van der Waals surface area contributed by atoms with Crippen molar-refractivity contribution in [1.82, 2.24) is 20.2 Å². The number of rotatable bonds is 5.